The highest BCUT2D eigenvalue weighted by atomic mass is 32.2. The molecule has 1 heterocycles. The maximum atomic E-state index is 13.2. The molecule has 0 aliphatic rings. The number of rotatable bonds is 5. The molecule has 0 saturated heterocycles. The zero-order valence-corrected chi connectivity index (χ0v) is 12.3. The molecule has 2 aromatic rings. The van der Waals surface area contributed by atoms with Crippen LogP contribution in [-0.4, -0.2) is 24.3 Å². The molecule has 5 nitrogen and oxygen atoms in total. The number of hydrogen-bond donors (Lipinski definition) is 1. The third-order valence-corrected chi connectivity index (χ3v) is 4.87. The molecule has 0 amide bonds. The molecule has 2 rings (SSSR count). The molecule has 0 fully saturated rings. The average Bonchev–Trinajstić information content (AvgIpc) is 2.44. The van der Waals surface area contributed by atoms with E-state index in [-0.39, 0.29) is 18.0 Å². The molecule has 112 valence electrons. The number of aromatic nitrogens is 1. The topological polar surface area (TPSA) is 76.3 Å². The second-order valence-electron chi connectivity index (χ2n) is 4.52. The van der Waals surface area contributed by atoms with Crippen molar-refractivity contribution in [2.75, 3.05) is 12.3 Å². The van der Waals surface area contributed by atoms with E-state index in [4.69, 9.17) is 5.73 Å². The van der Waals surface area contributed by atoms with Gasteiger partial charge in [0, 0.05) is 25.0 Å². The third-order valence-electron chi connectivity index (χ3n) is 2.98. The molecule has 2 N–H and O–H groups in total. The Bertz CT molecular complexity index is 735. The SMILES string of the molecule is CCN(Cc1cccc(N)c1)S(=O)(=O)c1cncc(F)c1. The summed E-state index contributed by atoms with van der Waals surface area (Å²) in [6.07, 6.45) is 2.10. The molecular formula is C14H16FN3O2S. The van der Waals surface area contributed by atoms with Crippen molar-refractivity contribution in [3.63, 3.8) is 0 Å². The normalized spacial score (nSPS) is 11.8. The van der Waals surface area contributed by atoms with Crippen molar-refractivity contribution in [3.8, 4) is 0 Å². The van der Waals surface area contributed by atoms with Crippen LogP contribution in [0.1, 0.15) is 12.5 Å². The van der Waals surface area contributed by atoms with Gasteiger partial charge in [-0.15, -0.1) is 0 Å². The van der Waals surface area contributed by atoms with Gasteiger partial charge in [0.1, 0.15) is 10.7 Å². The summed E-state index contributed by atoms with van der Waals surface area (Å²) < 4.78 is 39.4. The Balaban J connectivity index is 2.32. The van der Waals surface area contributed by atoms with Gasteiger partial charge in [-0.3, -0.25) is 4.98 Å². The predicted octanol–water partition coefficient (Wildman–Crippen LogP) is 2.01. The maximum absolute atomic E-state index is 13.2. The highest BCUT2D eigenvalue weighted by Crippen LogP contribution is 2.19. The molecular weight excluding hydrogens is 293 g/mol. The van der Waals surface area contributed by atoms with Gasteiger partial charge in [0.2, 0.25) is 10.0 Å². The Kier molecular flexibility index (Phi) is 4.54. The Labute approximate surface area is 123 Å². The second kappa shape index (κ2) is 6.19. The number of anilines is 1. The van der Waals surface area contributed by atoms with Crippen LogP contribution in [0.5, 0.6) is 0 Å². The summed E-state index contributed by atoms with van der Waals surface area (Å²) in [5.74, 6) is -0.684. The van der Waals surface area contributed by atoms with E-state index in [1.165, 1.54) is 4.31 Å². The van der Waals surface area contributed by atoms with Crippen molar-refractivity contribution in [3.05, 3.63) is 54.1 Å². The largest absolute Gasteiger partial charge is 0.399 e. The number of hydrogen-bond acceptors (Lipinski definition) is 4. The first-order chi connectivity index (χ1) is 9.93. The van der Waals surface area contributed by atoms with E-state index < -0.39 is 15.8 Å². The molecule has 7 heteroatoms. The Morgan fingerprint density at radius 2 is 2.05 bits per heavy atom. The summed E-state index contributed by atoms with van der Waals surface area (Å²) in [6.45, 7) is 2.14. The molecule has 0 aliphatic heterocycles. The second-order valence-corrected chi connectivity index (χ2v) is 6.45. The number of nitrogen functional groups attached to an aromatic ring is 1. The Morgan fingerprint density at radius 1 is 1.29 bits per heavy atom. The molecule has 1 aromatic heterocycles. The minimum Gasteiger partial charge on any atom is -0.399 e. The van der Waals surface area contributed by atoms with Gasteiger partial charge in [0.05, 0.1) is 6.20 Å². The Morgan fingerprint density at radius 3 is 2.67 bits per heavy atom. The quantitative estimate of drug-likeness (QED) is 0.857. The zero-order valence-electron chi connectivity index (χ0n) is 11.5. The summed E-state index contributed by atoms with van der Waals surface area (Å²) in [7, 11) is -3.79. The maximum Gasteiger partial charge on any atom is 0.245 e. The third kappa shape index (κ3) is 3.56. The van der Waals surface area contributed by atoms with Crippen molar-refractivity contribution in [1.29, 1.82) is 0 Å². The summed E-state index contributed by atoms with van der Waals surface area (Å²) in [4.78, 5) is 3.43. The fraction of sp³-hybridized carbons (Fsp3) is 0.214. The van der Waals surface area contributed by atoms with E-state index in [1.807, 2.05) is 0 Å². The van der Waals surface area contributed by atoms with Crippen molar-refractivity contribution in [1.82, 2.24) is 9.29 Å². The lowest BCUT2D eigenvalue weighted by molar-refractivity contribution is 0.422. The van der Waals surface area contributed by atoms with Crippen LogP contribution in [0, 0.1) is 5.82 Å². The lowest BCUT2D eigenvalue weighted by atomic mass is 10.2. The molecule has 21 heavy (non-hydrogen) atoms. The van der Waals surface area contributed by atoms with E-state index in [0.717, 1.165) is 24.0 Å². The fourth-order valence-electron chi connectivity index (χ4n) is 1.94. The molecule has 0 saturated carbocycles. The molecule has 0 bridgehead atoms. The number of sulfonamides is 1. The lowest BCUT2D eigenvalue weighted by Crippen LogP contribution is -2.30. The summed E-state index contributed by atoms with van der Waals surface area (Å²) in [5, 5.41) is 0. The highest BCUT2D eigenvalue weighted by molar-refractivity contribution is 7.89. The van der Waals surface area contributed by atoms with Crippen molar-refractivity contribution < 1.29 is 12.8 Å². The van der Waals surface area contributed by atoms with Crippen LogP contribution in [0.25, 0.3) is 0 Å². The molecule has 0 unspecified atom stereocenters. The van der Waals surface area contributed by atoms with E-state index in [2.05, 4.69) is 4.98 Å². The minimum absolute atomic E-state index is 0.159. The first-order valence-electron chi connectivity index (χ1n) is 6.38. The standard InChI is InChI=1S/C14H16FN3O2S/c1-2-18(10-11-4-3-5-13(16)6-11)21(19,20)14-7-12(15)8-17-9-14/h3-9H,2,10,16H2,1H3. The van der Waals surface area contributed by atoms with E-state index in [1.54, 1.807) is 31.2 Å². The summed E-state index contributed by atoms with van der Waals surface area (Å²) in [6, 6.07) is 7.95. The first kappa shape index (κ1) is 15.4. The fourth-order valence-corrected chi connectivity index (χ4v) is 3.36. The van der Waals surface area contributed by atoms with E-state index in [0.29, 0.717) is 5.69 Å². The van der Waals surface area contributed by atoms with Gasteiger partial charge in [-0.2, -0.15) is 4.31 Å². The van der Waals surface area contributed by atoms with Gasteiger partial charge in [-0.1, -0.05) is 19.1 Å². The smallest absolute Gasteiger partial charge is 0.245 e. The number of pyridine rings is 1. The molecule has 0 atom stereocenters. The minimum atomic E-state index is -3.79. The summed E-state index contributed by atoms with van der Waals surface area (Å²) in [5.41, 5.74) is 7.02. The monoisotopic (exact) mass is 309 g/mol. The molecule has 0 spiro atoms. The van der Waals surface area contributed by atoms with Crippen LogP contribution >= 0.6 is 0 Å². The van der Waals surface area contributed by atoms with Gasteiger partial charge in [-0.05, 0) is 23.8 Å². The van der Waals surface area contributed by atoms with Crippen LogP contribution in [-0.2, 0) is 16.6 Å². The Hall–Kier alpha value is -1.99. The molecule has 1 aromatic carbocycles. The lowest BCUT2D eigenvalue weighted by Gasteiger charge is -2.20. The molecule has 0 radical (unpaired) electrons. The predicted molar refractivity (Wildman–Crippen MR) is 78.3 cm³/mol. The van der Waals surface area contributed by atoms with Crippen LogP contribution in [0.2, 0.25) is 0 Å². The van der Waals surface area contributed by atoms with Crippen LogP contribution < -0.4 is 5.73 Å². The van der Waals surface area contributed by atoms with E-state index >= 15 is 0 Å². The van der Waals surface area contributed by atoms with Gasteiger partial charge in [0.15, 0.2) is 0 Å². The van der Waals surface area contributed by atoms with Crippen LogP contribution in [0.15, 0.2) is 47.6 Å². The average molecular weight is 309 g/mol. The number of nitrogens with two attached hydrogens (primary N) is 1. The first-order valence-corrected chi connectivity index (χ1v) is 7.82. The van der Waals surface area contributed by atoms with Gasteiger partial charge < -0.3 is 5.73 Å². The van der Waals surface area contributed by atoms with Gasteiger partial charge in [0.25, 0.3) is 0 Å². The van der Waals surface area contributed by atoms with Crippen LogP contribution in [0.4, 0.5) is 10.1 Å². The van der Waals surface area contributed by atoms with Gasteiger partial charge >= 0.3 is 0 Å². The van der Waals surface area contributed by atoms with Crippen molar-refractivity contribution >= 4 is 15.7 Å². The van der Waals surface area contributed by atoms with Crippen molar-refractivity contribution in [2.45, 2.75) is 18.4 Å². The summed E-state index contributed by atoms with van der Waals surface area (Å²) >= 11 is 0. The highest BCUT2D eigenvalue weighted by Gasteiger charge is 2.24. The van der Waals surface area contributed by atoms with E-state index in [9.17, 15) is 12.8 Å². The molecule has 0 aliphatic carbocycles. The zero-order chi connectivity index (χ0) is 15.5. The van der Waals surface area contributed by atoms with Crippen molar-refractivity contribution in [2.24, 2.45) is 0 Å². The van der Waals surface area contributed by atoms with Crippen LogP contribution in [0.3, 0.4) is 0 Å². The number of nitrogens with zero attached hydrogens (tertiary/aromatic N) is 2. The van der Waals surface area contributed by atoms with Gasteiger partial charge in [-0.25, -0.2) is 12.8 Å². The number of benzene rings is 1. The number of halogens is 1.